The minimum Gasteiger partial charge on any atom is -0.396 e. The van der Waals surface area contributed by atoms with Gasteiger partial charge in [0.1, 0.15) is 6.17 Å². The predicted octanol–water partition coefficient (Wildman–Crippen LogP) is 1.39. The zero-order chi connectivity index (χ0) is 10.8. The maximum atomic E-state index is 13.5. The Balaban J connectivity index is 2.13. The molecule has 2 atom stereocenters. The minimum absolute atomic E-state index is 0.0892. The monoisotopic (exact) mass is 210 g/mol. The van der Waals surface area contributed by atoms with E-state index >= 15 is 0 Å². The molecule has 5 heteroatoms. The van der Waals surface area contributed by atoms with E-state index in [0.717, 1.165) is 12.8 Å². The SMILES string of the molecule is CN(c1ncc(N)cn1)[C@@H]1CCC[C@H]1F. The van der Waals surface area contributed by atoms with E-state index in [0.29, 0.717) is 18.1 Å². The fourth-order valence-electron chi connectivity index (χ4n) is 1.99. The van der Waals surface area contributed by atoms with Crippen LogP contribution in [0.3, 0.4) is 0 Å². The third-order valence-corrected chi connectivity index (χ3v) is 2.87. The second-order valence-electron chi connectivity index (χ2n) is 3.94. The van der Waals surface area contributed by atoms with Crippen molar-refractivity contribution in [3.63, 3.8) is 0 Å². The molecule has 1 aromatic rings. The molecule has 4 nitrogen and oxygen atoms in total. The number of rotatable bonds is 2. The van der Waals surface area contributed by atoms with Crippen LogP contribution in [0.5, 0.6) is 0 Å². The van der Waals surface area contributed by atoms with E-state index in [-0.39, 0.29) is 6.04 Å². The van der Waals surface area contributed by atoms with Crippen molar-refractivity contribution in [1.29, 1.82) is 0 Å². The second kappa shape index (κ2) is 4.00. The van der Waals surface area contributed by atoms with E-state index in [2.05, 4.69) is 9.97 Å². The Morgan fingerprint density at radius 2 is 2.07 bits per heavy atom. The molecule has 1 heterocycles. The van der Waals surface area contributed by atoms with Gasteiger partial charge in [-0.15, -0.1) is 0 Å². The van der Waals surface area contributed by atoms with Gasteiger partial charge in [-0.2, -0.15) is 0 Å². The molecule has 0 bridgehead atoms. The van der Waals surface area contributed by atoms with Crippen molar-refractivity contribution in [2.75, 3.05) is 17.7 Å². The van der Waals surface area contributed by atoms with Crippen molar-refractivity contribution >= 4 is 11.6 Å². The lowest BCUT2D eigenvalue weighted by molar-refractivity contribution is 0.306. The number of nitrogens with two attached hydrogens (primary N) is 1. The van der Waals surface area contributed by atoms with E-state index in [9.17, 15) is 4.39 Å². The summed E-state index contributed by atoms with van der Waals surface area (Å²) in [5, 5.41) is 0. The minimum atomic E-state index is -0.767. The van der Waals surface area contributed by atoms with Gasteiger partial charge in [-0.3, -0.25) is 0 Å². The molecule has 2 N–H and O–H groups in total. The Hall–Kier alpha value is -1.39. The summed E-state index contributed by atoms with van der Waals surface area (Å²) in [6, 6.07) is -0.0892. The van der Waals surface area contributed by atoms with Crippen LogP contribution in [0.1, 0.15) is 19.3 Å². The molecular weight excluding hydrogens is 195 g/mol. The summed E-state index contributed by atoms with van der Waals surface area (Å²) in [7, 11) is 1.83. The Kier molecular flexibility index (Phi) is 2.70. The number of halogens is 1. The summed E-state index contributed by atoms with van der Waals surface area (Å²) in [4.78, 5) is 9.96. The summed E-state index contributed by atoms with van der Waals surface area (Å²) in [5.41, 5.74) is 6.01. The quantitative estimate of drug-likeness (QED) is 0.801. The van der Waals surface area contributed by atoms with Crippen LogP contribution < -0.4 is 10.6 Å². The maximum absolute atomic E-state index is 13.5. The molecule has 0 aromatic carbocycles. The summed E-state index contributed by atoms with van der Waals surface area (Å²) in [6.07, 6.45) is 4.76. The van der Waals surface area contributed by atoms with Gasteiger partial charge in [-0.1, -0.05) is 0 Å². The van der Waals surface area contributed by atoms with Crippen molar-refractivity contribution in [3.05, 3.63) is 12.4 Å². The summed E-state index contributed by atoms with van der Waals surface area (Å²) >= 11 is 0. The average molecular weight is 210 g/mol. The molecule has 0 saturated heterocycles. The highest BCUT2D eigenvalue weighted by Gasteiger charge is 2.31. The van der Waals surface area contributed by atoms with Gasteiger partial charge in [0.2, 0.25) is 5.95 Å². The van der Waals surface area contributed by atoms with Gasteiger partial charge in [0.15, 0.2) is 0 Å². The Morgan fingerprint density at radius 3 is 2.60 bits per heavy atom. The highest BCUT2D eigenvalue weighted by Crippen LogP contribution is 2.27. The first-order chi connectivity index (χ1) is 7.18. The largest absolute Gasteiger partial charge is 0.396 e. The van der Waals surface area contributed by atoms with E-state index in [1.165, 1.54) is 0 Å². The molecule has 2 rings (SSSR count). The molecule has 1 fully saturated rings. The van der Waals surface area contributed by atoms with Gasteiger partial charge >= 0.3 is 0 Å². The molecule has 1 aromatic heterocycles. The first-order valence-corrected chi connectivity index (χ1v) is 5.13. The lowest BCUT2D eigenvalue weighted by atomic mass is 10.2. The van der Waals surface area contributed by atoms with Crippen LogP contribution >= 0.6 is 0 Å². The van der Waals surface area contributed by atoms with E-state index in [1.54, 1.807) is 17.3 Å². The molecule has 0 spiro atoms. The Labute approximate surface area is 88.3 Å². The Bertz CT molecular complexity index is 327. The summed E-state index contributed by atoms with van der Waals surface area (Å²) in [6.45, 7) is 0. The lowest BCUT2D eigenvalue weighted by Crippen LogP contribution is -2.36. The van der Waals surface area contributed by atoms with Crippen LogP contribution in [-0.2, 0) is 0 Å². The van der Waals surface area contributed by atoms with Crippen LogP contribution in [0.25, 0.3) is 0 Å². The van der Waals surface area contributed by atoms with Crippen molar-refractivity contribution in [1.82, 2.24) is 9.97 Å². The predicted molar refractivity (Wildman–Crippen MR) is 57.4 cm³/mol. The number of hydrogen-bond donors (Lipinski definition) is 1. The van der Waals surface area contributed by atoms with E-state index in [1.807, 2.05) is 7.05 Å². The van der Waals surface area contributed by atoms with Gasteiger partial charge in [0.05, 0.1) is 24.1 Å². The first kappa shape index (κ1) is 10.1. The van der Waals surface area contributed by atoms with Gasteiger partial charge in [0.25, 0.3) is 0 Å². The molecule has 1 aliphatic rings. The highest BCUT2D eigenvalue weighted by atomic mass is 19.1. The molecule has 0 unspecified atom stereocenters. The fraction of sp³-hybridized carbons (Fsp3) is 0.600. The fourth-order valence-corrected chi connectivity index (χ4v) is 1.99. The first-order valence-electron chi connectivity index (χ1n) is 5.13. The summed E-state index contributed by atoms with van der Waals surface area (Å²) in [5.74, 6) is 0.541. The van der Waals surface area contributed by atoms with Crippen molar-refractivity contribution in [3.8, 4) is 0 Å². The molecule has 15 heavy (non-hydrogen) atoms. The van der Waals surface area contributed by atoms with E-state index < -0.39 is 6.17 Å². The zero-order valence-corrected chi connectivity index (χ0v) is 8.73. The third-order valence-electron chi connectivity index (χ3n) is 2.87. The van der Waals surface area contributed by atoms with Gasteiger partial charge in [-0.25, -0.2) is 14.4 Å². The smallest absolute Gasteiger partial charge is 0.225 e. The van der Waals surface area contributed by atoms with Crippen molar-refractivity contribution in [2.24, 2.45) is 0 Å². The number of aromatic nitrogens is 2. The number of alkyl halides is 1. The number of nitrogens with zero attached hydrogens (tertiary/aromatic N) is 3. The van der Waals surface area contributed by atoms with Crippen LogP contribution in [0, 0.1) is 0 Å². The molecule has 1 saturated carbocycles. The molecule has 82 valence electrons. The van der Waals surface area contributed by atoms with Crippen molar-refractivity contribution in [2.45, 2.75) is 31.5 Å². The second-order valence-corrected chi connectivity index (χ2v) is 3.94. The van der Waals surface area contributed by atoms with Gasteiger partial charge in [-0.05, 0) is 19.3 Å². The lowest BCUT2D eigenvalue weighted by Gasteiger charge is -2.25. The topological polar surface area (TPSA) is 55.0 Å². The average Bonchev–Trinajstić information content (AvgIpc) is 2.65. The van der Waals surface area contributed by atoms with E-state index in [4.69, 9.17) is 5.73 Å². The van der Waals surface area contributed by atoms with Crippen molar-refractivity contribution < 1.29 is 4.39 Å². The Morgan fingerprint density at radius 1 is 1.40 bits per heavy atom. The zero-order valence-electron chi connectivity index (χ0n) is 8.73. The van der Waals surface area contributed by atoms with Gasteiger partial charge < -0.3 is 10.6 Å². The van der Waals surface area contributed by atoms with Gasteiger partial charge in [0, 0.05) is 7.05 Å². The number of nitrogen functional groups attached to an aromatic ring is 1. The van der Waals surface area contributed by atoms with Crippen LogP contribution in [0.2, 0.25) is 0 Å². The summed E-state index contributed by atoms with van der Waals surface area (Å²) < 4.78 is 13.5. The maximum Gasteiger partial charge on any atom is 0.225 e. The number of hydrogen-bond acceptors (Lipinski definition) is 4. The molecule has 0 amide bonds. The molecular formula is C10H15FN4. The number of anilines is 2. The standard InChI is InChI=1S/C10H15FN4/c1-15(9-4-2-3-8(9)11)10-13-5-7(12)6-14-10/h5-6,8-9H,2-4,12H2,1H3/t8-,9-/m1/s1. The highest BCUT2D eigenvalue weighted by molar-refractivity contribution is 5.38. The van der Waals surface area contributed by atoms with Crippen LogP contribution in [-0.4, -0.2) is 29.2 Å². The third kappa shape index (κ3) is 2.00. The normalized spacial score (nSPS) is 25.5. The van der Waals surface area contributed by atoms with Crippen LogP contribution in [0.15, 0.2) is 12.4 Å². The molecule has 0 aliphatic heterocycles. The van der Waals surface area contributed by atoms with Crippen LogP contribution in [0.4, 0.5) is 16.0 Å². The molecule has 0 radical (unpaired) electrons. The molecule has 1 aliphatic carbocycles.